The average Bonchev–Trinajstić information content (AvgIpc) is 3.80. The molecule has 0 saturated heterocycles. The highest BCUT2D eigenvalue weighted by Crippen LogP contribution is 2.42. The van der Waals surface area contributed by atoms with Gasteiger partial charge in [0.25, 0.3) is 0 Å². The summed E-state index contributed by atoms with van der Waals surface area (Å²) in [6.45, 7) is 0. The lowest BCUT2D eigenvalue weighted by Gasteiger charge is -2.14. The maximum absolute atomic E-state index is 6.69. The Morgan fingerprint density at radius 1 is 0.370 bits per heavy atom. The van der Waals surface area contributed by atoms with Crippen molar-refractivity contribution in [2.45, 2.75) is 0 Å². The van der Waals surface area contributed by atoms with E-state index in [0.717, 1.165) is 77.5 Å². The summed E-state index contributed by atoms with van der Waals surface area (Å²) in [7, 11) is 0. The first kappa shape index (κ1) is 30.3. The Kier molecular flexibility index (Phi) is 6.82. The number of rotatable bonds is 5. The van der Waals surface area contributed by atoms with E-state index in [1.165, 1.54) is 21.9 Å². The molecule has 3 heterocycles. The standard InChI is InChI=1S/C50H31N3O/c1-3-13-32(14-4-1)33-23-25-35(26-24-33)45-31-44(34-15-5-2-6-16-34)51-50(52-45)43-30-42-40-19-9-12-22-48(40)54-49(42)41-29-36(27-28-37(41)43)53-46-20-10-7-17-38(46)39-18-8-11-21-47(39)53/h1-31H. The van der Waals surface area contributed by atoms with Crippen molar-refractivity contribution in [3.05, 3.63) is 188 Å². The number of furan rings is 1. The third kappa shape index (κ3) is 4.85. The zero-order valence-electron chi connectivity index (χ0n) is 29.1. The molecule has 0 amide bonds. The molecule has 8 aromatic carbocycles. The highest BCUT2D eigenvalue weighted by atomic mass is 16.3. The molecule has 4 heteroatoms. The average molecular weight is 690 g/mol. The van der Waals surface area contributed by atoms with Crippen LogP contribution in [-0.2, 0) is 0 Å². The number of benzene rings is 8. The van der Waals surface area contributed by atoms with Crippen LogP contribution < -0.4 is 0 Å². The number of hydrogen-bond donors (Lipinski definition) is 0. The van der Waals surface area contributed by atoms with Gasteiger partial charge in [-0.2, -0.15) is 0 Å². The molecule has 252 valence electrons. The Balaban J connectivity index is 1.17. The van der Waals surface area contributed by atoms with Gasteiger partial charge in [0.2, 0.25) is 0 Å². The van der Waals surface area contributed by atoms with Crippen molar-refractivity contribution in [1.82, 2.24) is 14.5 Å². The van der Waals surface area contributed by atoms with E-state index >= 15 is 0 Å². The summed E-state index contributed by atoms with van der Waals surface area (Å²) in [6.07, 6.45) is 0. The molecule has 4 nitrogen and oxygen atoms in total. The van der Waals surface area contributed by atoms with Crippen LogP contribution in [0.3, 0.4) is 0 Å². The number of fused-ring (bicyclic) bond motifs is 8. The lowest BCUT2D eigenvalue weighted by Crippen LogP contribution is -1.98. The predicted octanol–water partition coefficient (Wildman–Crippen LogP) is 13.3. The molecule has 0 radical (unpaired) electrons. The van der Waals surface area contributed by atoms with Crippen LogP contribution in [0.2, 0.25) is 0 Å². The largest absolute Gasteiger partial charge is 0.455 e. The minimum absolute atomic E-state index is 0.667. The topological polar surface area (TPSA) is 43.9 Å². The fraction of sp³-hybridized carbons (Fsp3) is 0. The van der Waals surface area contributed by atoms with Gasteiger partial charge in [0, 0.05) is 49.3 Å². The van der Waals surface area contributed by atoms with Gasteiger partial charge in [0.05, 0.1) is 22.4 Å². The Bertz CT molecular complexity index is 3140. The molecular formula is C50H31N3O. The van der Waals surface area contributed by atoms with E-state index in [2.05, 4.69) is 168 Å². The monoisotopic (exact) mass is 689 g/mol. The van der Waals surface area contributed by atoms with Gasteiger partial charge in [-0.25, -0.2) is 9.97 Å². The first-order valence-electron chi connectivity index (χ1n) is 18.2. The van der Waals surface area contributed by atoms with Crippen LogP contribution in [-0.4, -0.2) is 14.5 Å². The number of nitrogens with zero attached hydrogens (tertiary/aromatic N) is 3. The van der Waals surface area contributed by atoms with E-state index in [9.17, 15) is 0 Å². The zero-order chi connectivity index (χ0) is 35.6. The summed E-state index contributed by atoms with van der Waals surface area (Å²) in [4.78, 5) is 10.6. The molecule has 11 rings (SSSR count). The Labute approximate surface area is 311 Å². The first-order chi connectivity index (χ1) is 26.8. The van der Waals surface area contributed by atoms with Gasteiger partial charge >= 0.3 is 0 Å². The van der Waals surface area contributed by atoms with Crippen molar-refractivity contribution in [1.29, 1.82) is 0 Å². The molecule has 0 fully saturated rings. The molecule has 0 spiro atoms. The van der Waals surface area contributed by atoms with Crippen molar-refractivity contribution in [3.8, 4) is 50.7 Å². The third-order valence-corrected chi connectivity index (χ3v) is 10.6. The molecule has 0 N–H and O–H groups in total. The summed E-state index contributed by atoms with van der Waals surface area (Å²) in [5.74, 6) is 0.667. The molecular weight excluding hydrogens is 659 g/mol. The molecule has 0 unspecified atom stereocenters. The number of hydrogen-bond acceptors (Lipinski definition) is 3. The minimum Gasteiger partial charge on any atom is -0.455 e. The van der Waals surface area contributed by atoms with Crippen molar-refractivity contribution in [3.63, 3.8) is 0 Å². The van der Waals surface area contributed by atoms with Crippen molar-refractivity contribution in [2.24, 2.45) is 0 Å². The Morgan fingerprint density at radius 3 is 1.57 bits per heavy atom. The van der Waals surface area contributed by atoms with Crippen LogP contribution in [0.4, 0.5) is 0 Å². The fourth-order valence-electron chi connectivity index (χ4n) is 8.05. The molecule has 0 aliphatic rings. The quantitative estimate of drug-likeness (QED) is 0.181. The highest BCUT2D eigenvalue weighted by Gasteiger charge is 2.20. The van der Waals surface area contributed by atoms with Crippen LogP contribution in [0.1, 0.15) is 0 Å². The minimum atomic E-state index is 0.667. The Hall–Kier alpha value is -7.30. The molecule has 0 bridgehead atoms. The molecule has 0 aliphatic heterocycles. The normalized spacial score (nSPS) is 11.7. The maximum Gasteiger partial charge on any atom is 0.161 e. The van der Waals surface area contributed by atoms with E-state index in [1.807, 2.05) is 24.3 Å². The second kappa shape index (κ2) is 12.1. The fourth-order valence-corrected chi connectivity index (χ4v) is 8.05. The second-order valence-corrected chi connectivity index (χ2v) is 13.8. The van der Waals surface area contributed by atoms with Gasteiger partial charge in [-0.15, -0.1) is 0 Å². The summed E-state index contributed by atoms with van der Waals surface area (Å²) >= 11 is 0. The van der Waals surface area contributed by atoms with E-state index in [-0.39, 0.29) is 0 Å². The van der Waals surface area contributed by atoms with E-state index in [4.69, 9.17) is 14.4 Å². The molecule has 54 heavy (non-hydrogen) atoms. The molecule has 0 aliphatic carbocycles. The molecule has 0 saturated carbocycles. The lowest BCUT2D eigenvalue weighted by molar-refractivity contribution is 0.672. The van der Waals surface area contributed by atoms with Crippen LogP contribution in [0.5, 0.6) is 0 Å². The summed E-state index contributed by atoms with van der Waals surface area (Å²) in [5.41, 5.74) is 12.2. The number of para-hydroxylation sites is 3. The molecule has 11 aromatic rings. The SMILES string of the molecule is c1ccc(-c2ccc(-c3cc(-c4ccccc4)nc(-c4cc5c6ccccc6oc5c5cc(-n6c7ccccc7c7ccccc76)ccc45)n3)cc2)cc1. The highest BCUT2D eigenvalue weighted by molar-refractivity contribution is 6.19. The third-order valence-electron chi connectivity index (χ3n) is 10.6. The van der Waals surface area contributed by atoms with Crippen LogP contribution in [0.25, 0.3) is 105 Å². The predicted molar refractivity (Wildman–Crippen MR) is 223 cm³/mol. The summed E-state index contributed by atoms with van der Waals surface area (Å²) in [6, 6.07) is 66.0. The molecule has 0 atom stereocenters. The smallest absolute Gasteiger partial charge is 0.161 e. The van der Waals surface area contributed by atoms with E-state index in [1.54, 1.807) is 0 Å². The summed E-state index contributed by atoms with van der Waals surface area (Å²) in [5, 5.41) is 6.60. The zero-order valence-corrected chi connectivity index (χ0v) is 29.1. The van der Waals surface area contributed by atoms with Crippen LogP contribution in [0.15, 0.2) is 192 Å². The second-order valence-electron chi connectivity index (χ2n) is 13.8. The van der Waals surface area contributed by atoms with Gasteiger partial charge < -0.3 is 8.98 Å². The van der Waals surface area contributed by atoms with Gasteiger partial charge in [-0.05, 0) is 59.0 Å². The molecule has 3 aromatic heterocycles. The van der Waals surface area contributed by atoms with Crippen LogP contribution >= 0.6 is 0 Å². The van der Waals surface area contributed by atoms with Crippen molar-refractivity contribution < 1.29 is 4.42 Å². The van der Waals surface area contributed by atoms with Gasteiger partial charge in [0.1, 0.15) is 11.2 Å². The lowest BCUT2D eigenvalue weighted by atomic mass is 9.98. The van der Waals surface area contributed by atoms with Gasteiger partial charge in [0.15, 0.2) is 5.82 Å². The van der Waals surface area contributed by atoms with Gasteiger partial charge in [-0.1, -0.05) is 146 Å². The van der Waals surface area contributed by atoms with Crippen LogP contribution in [0, 0.1) is 0 Å². The van der Waals surface area contributed by atoms with Gasteiger partial charge in [-0.3, -0.25) is 0 Å². The van der Waals surface area contributed by atoms with Crippen molar-refractivity contribution in [2.75, 3.05) is 0 Å². The maximum atomic E-state index is 6.69. The van der Waals surface area contributed by atoms with E-state index < -0.39 is 0 Å². The Morgan fingerprint density at radius 2 is 0.889 bits per heavy atom. The summed E-state index contributed by atoms with van der Waals surface area (Å²) < 4.78 is 9.04. The van der Waals surface area contributed by atoms with Crippen molar-refractivity contribution >= 4 is 54.5 Å². The van der Waals surface area contributed by atoms with E-state index in [0.29, 0.717) is 5.82 Å². The first-order valence-corrected chi connectivity index (χ1v) is 18.2. The number of aromatic nitrogens is 3.